The first-order valence-corrected chi connectivity index (χ1v) is 5.33. The molecule has 1 aromatic rings. The van der Waals surface area contributed by atoms with Crippen molar-refractivity contribution in [2.75, 3.05) is 0 Å². The second-order valence-electron chi connectivity index (χ2n) is 3.02. The van der Waals surface area contributed by atoms with Crippen molar-refractivity contribution in [3.8, 4) is 0 Å². The molecule has 1 atom stereocenters. The summed E-state index contributed by atoms with van der Waals surface area (Å²) in [7, 11) is -3.84. The molecule has 0 saturated heterocycles. The molecule has 1 aromatic carbocycles. The van der Waals surface area contributed by atoms with E-state index in [2.05, 4.69) is 0 Å². The van der Waals surface area contributed by atoms with Gasteiger partial charge in [0.15, 0.2) is 23.3 Å². The van der Waals surface area contributed by atoms with E-state index in [-0.39, 0.29) is 0 Å². The van der Waals surface area contributed by atoms with Gasteiger partial charge in [0.05, 0.1) is 0 Å². The number of hydrogen-bond donors (Lipinski definition) is 0. The van der Waals surface area contributed by atoms with Gasteiger partial charge in [0.2, 0.25) is 0 Å². The molecule has 1 unspecified atom stereocenters. The maximum absolute atomic E-state index is 13.0. The Morgan fingerprint density at radius 1 is 0.842 bits per heavy atom. The first-order valence-electron chi connectivity index (χ1n) is 4.12. The van der Waals surface area contributed by atoms with Crippen molar-refractivity contribution in [3.05, 3.63) is 28.8 Å². The van der Waals surface area contributed by atoms with Gasteiger partial charge in [0, 0.05) is 0 Å². The number of hydrogen-bond acceptors (Lipinski definition) is 1. The van der Waals surface area contributed by atoms with Crippen LogP contribution in [0.3, 0.4) is 0 Å². The Kier molecular flexibility index (Phi) is 4.17. The molecule has 1 rings (SSSR count). The van der Waals surface area contributed by atoms with Crippen LogP contribution >= 0.6 is 0 Å². The van der Waals surface area contributed by atoms with Gasteiger partial charge >= 0.3 is 11.9 Å². The summed E-state index contributed by atoms with van der Waals surface area (Å²) < 4.78 is 123. The molecular formula is C8HF9OS. The zero-order valence-corrected chi connectivity index (χ0v) is 9.11. The Bertz CT molecular complexity index is 507. The molecule has 0 fully saturated rings. The predicted molar refractivity (Wildman–Crippen MR) is 43.7 cm³/mol. The minimum atomic E-state index is -5.79. The van der Waals surface area contributed by atoms with E-state index in [1.165, 1.54) is 0 Å². The fraction of sp³-hybridized carbons (Fsp3) is 0.250. The molecule has 0 saturated carbocycles. The summed E-state index contributed by atoms with van der Waals surface area (Å²) in [5.74, 6) is -15.3. The van der Waals surface area contributed by atoms with Crippen LogP contribution in [0.2, 0.25) is 0 Å². The summed E-state index contributed by atoms with van der Waals surface area (Å²) >= 11 is 0. The second kappa shape index (κ2) is 5.02. The zero-order valence-electron chi connectivity index (χ0n) is 8.30. The minimum Gasteiger partial charge on any atom is -0.248 e. The summed E-state index contributed by atoms with van der Waals surface area (Å²) in [4.78, 5) is -2.28. The van der Waals surface area contributed by atoms with Gasteiger partial charge in [0.1, 0.15) is 21.3 Å². The molecule has 0 aliphatic rings. The van der Waals surface area contributed by atoms with Crippen LogP contribution in [0, 0.1) is 23.3 Å². The van der Waals surface area contributed by atoms with Crippen LogP contribution in [0.15, 0.2) is 4.90 Å². The number of halogens is 9. The quantitative estimate of drug-likeness (QED) is 0.602. The Balaban J connectivity index is 3.72. The van der Waals surface area contributed by atoms with Crippen molar-refractivity contribution in [1.29, 1.82) is 0 Å². The van der Waals surface area contributed by atoms with Gasteiger partial charge in [0.25, 0.3) is 0 Å². The third-order valence-corrected chi connectivity index (χ3v) is 2.95. The molecule has 0 spiro atoms. The lowest BCUT2D eigenvalue weighted by Crippen LogP contribution is -2.19. The summed E-state index contributed by atoms with van der Waals surface area (Å²) in [5, 5.41) is 0. The molecule has 0 heterocycles. The highest BCUT2D eigenvalue weighted by atomic mass is 32.2. The van der Waals surface area contributed by atoms with Gasteiger partial charge in [-0.3, -0.25) is 0 Å². The maximum Gasteiger partial charge on any atom is 0.422 e. The van der Waals surface area contributed by atoms with Crippen LogP contribution in [-0.4, -0.2) is 9.97 Å². The molecule has 0 aromatic heterocycles. The van der Waals surface area contributed by atoms with E-state index in [1.807, 2.05) is 0 Å². The molecule has 0 amide bonds. The minimum absolute atomic E-state index is 2.28. The molecule has 0 aliphatic heterocycles. The van der Waals surface area contributed by atoms with E-state index in [0.717, 1.165) is 0 Å². The van der Waals surface area contributed by atoms with Gasteiger partial charge in [-0.05, 0) is 0 Å². The molecule has 108 valence electrons. The van der Waals surface area contributed by atoms with Crippen molar-refractivity contribution in [2.45, 2.75) is 16.8 Å². The van der Waals surface area contributed by atoms with E-state index in [9.17, 15) is 43.7 Å². The number of benzene rings is 1. The van der Waals surface area contributed by atoms with E-state index >= 15 is 0 Å². The second-order valence-corrected chi connectivity index (χ2v) is 4.38. The highest BCUT2D eigenvalue weighted by Crippen LogP contribution is 2.38. The molecule has 0 radical (unpaired) electrons. The van der Waals surface area contributed by atoms with Crippen molar-refractivity contribution >= 4 is 10.8 Å². The van der Waals surface area contributed by atoms with Gasteiger partial charge in [-0.15, -0.1) is 0 Å². The van der Waals surface area contributed by atoms with Gasteiger partial charge < -0.3 is 0 Å². The summed E-state index contributed by atoms with van der Waals surface area (Å²) in [6.07, 6.45) is -5.79. The summed E-state index contributed by atoms with van der Waals surface area (Å²) in [5.41, 5.74) is -2.92. The van der Waals surface area contributed by atoms with Crippen LogP contribution in [0.4, 0.5) is 39.5 Å². The largest absolute Gasteiger partial charge is 0.422 e. The maximum atomic E-state index is 13.0. The van der Waals surface area contributed by atoms with Crippen LogP contribution in [0.25, 0.3) is 0 Å². The summed E-state index contributed by atoms with van der Waals surface area (Å²) in [6.45, 7) is 0. The van der Waals surface area contributed by atoms with Gasteiger partial charge in [-0.2, -0.15) is 22.0 Å². The van der Waals surface area contributed by atoms with E-state index in [4.69, 9.17) is 0 Å². The highest BCUT2D eigenvalue weighted by molar-refractivity contribution is 7.85. The Morgan fingerprint density at radius 2 is 1.21 bits per heavy atom. The Hall–Kier alpha value is -1.26. The molecule has 1 nitrogen and oxygen atoms in total. The van der Waals surface area contributed by atoms with E-state index in [1.54, 1.807) is 0 Å². The monoisotopic (exact) mass is 316 g/mol. The third kappa shape index (κ3) is 2.69. The van der Waals surface area contributed by atoms with Crippen molar-refractivity contribution < 1.29 is 43.7 Å². The fourth-order valence-corrected chi connectivity index (χ4v) is 1.84. The zero-order chi connectivity index (χ0) is 15.1. The molecule has 19 heavy (non-hydrogen) atoms. The highest BCUT2D eigenvalue weighted by Gasteiger charge is 2.43. The van der Waals surface area contributed by atoms with E-state index in [0.29, 0.717) is 0 Å². The van der Waals surface area contributed by atoms with Crippen LogP contribution in [-0.2, 0) is 17.0 Å². The third-order valence-electron chi connectivity index (χ3n) is 1.87. The lowest BCUT2D eigenvalue weighted by Gasteiger charge is -2.13. The van der Waals surface area contributed by atoms with Gasteiger partial charge in [-0.25, -0.2) is 21.8 Å². The smallest absolute Gasteiger partial charge is 0.248 e. The van der Waals surface area contributed by atoms with E-state index < -0.39 is 56.5 Å². The predicted octanol–water partition coefficient (Wildman–Crippen LogP) is 3.59. The molecule has 0 N–H and O–H groups in total. The average molecular weight is 316 g/mol. The summed E-state index contributed by atoms with van der Waals surface area (Å²) in [6, 6.07) is 0. The standard InChI is InChI=1S/C8HF9OS/c9-2-1(8(15,16)17)3(10)5(12)6(4(2)11)19(18)7(13)14/h7H. The number of rotatable bonds is 2. The fourth-order valence-electron chi connectivity index (χ4n) is 1.13. The lowest BCUT2D eigenvalue weighted by molar-refractivity contribution is -0.143. The van der Waals surface area contributed by atoms with Gasteiger partial charge in [-0.1, -0.05) is 0 Å². The van der Waals surface area contributed by atoms with Crippen molar-refractivity contribution in [1.82, 2.24) is 0 Å². The average Bonchev–Trinajstić information content (AvgIpc) is 2.24. The first kappa shape index (κ1) is 15.8. The topological polar surface area (TPSA) is 17.1 Å². The molecule has 0 bridgehead atoms. The SMILES string of the molecule is O=S(c1c(F)c(F)c(C(F)(F)F)c(F)c1F)C(F)F. The number of alkyl halides is 5. The van der Waals surface area contributed by atoms with Crippen molar-refractivity contribution in [2.24, 2.45) is 0 Å². The van der Waals surface area contributed by atoms with Crippen LogP contribution < -0.4 is 0 Å². The molecular weight excluding hydrogens is 315 g/mol. The Morgan fingerprint density at radius 3 is 1.47 bits per heavy atom. The lowest BCUT2D eigenvalue weighted by atomic mass is 10.1. The Labute approximate surface area is 101 Å². The normalized spacial score (nSPS) is 14.0. The van der Waals surface area contributed by atoms with Crippen LogP contribution in [0.5, 0.6) is 0 Å². The molecule has 11 heteroatoms. The first-order chi connectivity index (χ1) is 8.50. The van der Waals surface area contributed by atoms with Crippen molar-refractivity contribution in [3.63, 3.8) is 0 Å². The van der Waals surface area contributed by atoms with Crippen LogP contribution in [0.1, 0.15) is 5.56 Å². The molecule has 0 aliphatic carbocycles.